The predicted molar refractivity (Wildman–Crippen MR) is 46.7 cm³/mol. The molecule has 13 heavy (non-hydrogen) atoms. The van der Waals surface area contributed by atoms with Gasteiger partial charge < -0.3 is 10.2 Å². The highest BCUT2D eigenvalue weighted by Crippen LogP contribution is 2.20. The Labute approximate surface area is 74.4 Å². The summed E-state index contributed by atoms with van der Waals surface area (Å²) in [5, 5.41) is 0. The molecule has 1 aliphatic rings. The highest BCUT2D eigenvalue weighted by Gasteiger charge is 2.20. The van der Waals surface area contributed by atoms with E-state index in [4.69, 9.17) is 10.2 Å². The SMILES string of the molecule is Nc1cc2c(oc1=O)C(=O)CCC2. The number of ketones is 1. The van der Waals surface area contributed by atoms with Crippen LogP contribution in [0.4, 0.5) is 5.69 Å². The Balaban J connectivity index is 2.65. The molecule has 0 unspecified atom stereocenters. The van der Waals surface area contributed by atoms with Gasteiger partial charge in [-0.3, -0.25) is 4.79 Å². The van der Waals surface area contributed by atoms with Crippen LogP contribution in [0.5, 0.6) is 0 Å². The summed E-state index contributed by atoms with van der Waals surface area (Å²) in [4.78, 5) is 22.3. The molecule has 2 N–H and O–H groups in total. The van der Waals surface area contributed by atoms with E-state index in [0.717, 1.165) is 18.4 Å². The van der Waals surface area contributed by atoms with Crippen molar-refractivity contribution in [3.8, 4) is 0 Å². The van der Waals surface area contributed by atoms with Crippen LogP contribution in [0.15, 0.2) is 15.3 Å². The van der Waals surface area contributed by atoms with Gasteiger partial charge in [0.25, 0.3) is 0 Å². The summed E-state index contributed by atoms with van der Waals surface area (Å²) >= 11 is 0. The lowest BCUT2D eigenvalue weighted by Gasteiger charge is -2.11. The van der Waals surface area contributed by atoms with Gasteiger partial charge in [0.2, 0.25) is 0 Å². The van der Waals surface area contributed by atoms with E-state index in [2.05, 4.69) is 0 Å². The number of hydrogen-bond acceptors (Lipinski definition) is 4. The Bertz CT molecular complexity index is 419. The molecule has 2 rings (SSSR count). The maximum absolute atomic E-state index is 11.3. The van der Waals surface area contributed by atoms with Crippen molar-refractivity contribution in [2.75, 3.05) is 5.73 Å². The van der Waals surface area contributed by atoms with Gasteiger partial charge in [0.05, 0.1) is 0 Å². The number of nitrogen functional groups attached to an aromatic ring is 1. The van der Waals surface area contributed by atoms with Crippen molar-refractivity contribution in [1.29, 1.82) is 0 Å². The number of carbonyl (C=O) groups excluding carboxylic acids is 1. The first-order chi connectivity index (χ1) is 6.18. The van der Waals surface area contributed by atoms with Crippen molar-refractivity contribution < 1.29 is 9.21 Å². The fourth-order valence-corrected chi connectivity index (χ4v) is 1.50. The molecule has 1 aromatic heterocycles. The molecule has 0 radical (unpaired) electrons. The third-order valence-corrected chi connectivity index (χ3v) is 2.16. The van der Waals surface area contributed by atoms with Crippen molar-refractivity contribution in [2.24, 2.45) is 0 Å². The molecule has 0 amide bonds. The van der Waals surface area contributed by atoms with Gasteiger partial charge in [-0.2, -0.15) is 0 Å². The van der Waals surface area contributed by atoms with Crippen LogP contribution in [-0.2, 0) is 6.42 Å². The molecule has 4 heteroatoms. The molecule has 0 fully saturated rings. The van der Waals surface area contributed by atoms with Gasteiger partial charge in [-0.15, -0.1) is 0 Å². The standard InChI is InChI=1S/C9H9NO3/c10-6-4-5-2-1-3-7(11)8(5)13-9(6)12/h4H,1-3,10H2. The van der Waals surface area contributed by atoms with Gasteiger partial charge in [-0.05, 0) is 18.9 Å². The van der Waals surface area contributed by atoms with Crippen molar-refractivity contribution >= 4 is 11.5 Å². The first-order valence-electron chi connectivity index (χ1n) is 4.14. The van der Waals surface area contributed by atoms with Crippen molar-refractivity contribution in [3.05, 3.63) is 27.8 Å². The normalized spacial score (nSPS) is 15.5. The van der Waals surface area contributed by atoms with Crippen molar-refractivity contribution in [3.63, 3.8) is 0 Å². The Kier molecular flexibility index (Phi) is 1.69. The van der Waals surface area contributed by atoms with Gasteiger partial charge in [0, 0.05) is 12.0 Å². The number of rotatable bonds is 0. The summed E-state index contributed by atoms with van der Waals surface area (Å²) in [7, 11) is 0. The first kappa shape index (κ1) is 8.04. The van der Waals surface area contributed by atoms with Crippen molar-refractivity contribution in [2.45, 2.75) is 19.3 Å². The molecule has 1 aliphatic carbocycles. The van der Waals surface area contributed by atoms with Gasteiger partial charge >= 0.3 is 5.63 Å². The van der Waals surface area contributed by atoms with E-state index < -0.39 is 5.63 Å². The van der Waals surface area contributed by atoms with Gasteiger partial charge in [0.1, 0.15) is 5.69 Å². The van der Waals surface area contributed by atoms with Gasteiger partial charge in [-0.1, -0.05) is 0 Å². The van der Waals surface area contributed by atoms with Crippen LogP contribution in [0.3, 0.4) is 0 Å². The maximum Gasteiger partial charge on any atom is 0.359 e. The summed E-state index contributed by atoms with van der Waals surface area (Å²) in [6, 6.07) is 1.54. The molecule has 0 bridgehead atoms. The van der Waals surface area contributed by atoms with E-state index in [-0.39, 0.29) is 17.2 Å². The number of fused-ring (bicyclic) bond motifs is 1. The molecule has 0 saturated carbocycles. The quantitative estimate of drug-likeness (QED) is 0.637. The van der Waals surface area contributed by atoms with Crippen LogP contribution in [0.25, 0.3) is 0 Å². The third-order valence-electron chi connectivity index (χ3n) is 2.16. The minimum Gasteiger partial charge on any atom is -0.418 e. The average Bonchev–Trinajstić information content (AvgIpc) is 2.09. The molecular weight excluding hydrogens is 170 g/mol. The Morgan fingerprint density at radius 2 is 2.08 bits per heavy atom. The molecular formula is C9H9NO3. The molecule has 1 heterocycles. The fraction of sp³-hybridized carbons (Fsp3) is 0.333. The second-order valence-corrected chi connectivity index (χ2v) is 3.12. The van der Waals surface area contributed by atoms with E-state index in [1.54, 1.807) is 0 Å². The second kappa shape index (κ2) is 2.73. The van der Waals surface area contributed by atoms with E-state index in [0.29, 0.717) is 6.42 Å². The summed E-state index contributed by atoms with van der Waals surface area (Å²) < 4.78 is 4.81. The van der Waals surface area contributed by atoms with Crippen LogP contribution in [0, 0.1) is 0 Å². The Morgan fingerprint density at radius 3 is 2.85 bits per heavy atom. The lowest BCUT2D eigenvalue weighted by atomic mass is 9.96. The van der Waals surface area contributed by atoms with Crippen LogP contribution in [0.1, 0.15) is 29.0 Å². The van der Waals surface area contributed by atoms with E-state index >= 15 is 0 Å². The molecule has 0 spiro atoms. The topological polar surface area (TPSA) is 73.3 Å². The monoisotopic (exact) mass is 179 g/mol. The highest BCUT2D eigenvalue weighted by molar-refractivity contribution is 5.95. The van der Waals surface area contributed by atoms with E-state index in [1.165, 1.54) is 6.07 Å². The van der Waals surface area contributed by atoms with Gasteiger partial charge in [0.15, 0.2) is 11.5 Å². The zero-order valence-electron chi connectivity index (χ0n) is 7.00. The number of aryl methyl sites for hydroxylation is 1. The Hall–Kier alpha value is -1.58. The number of anilines is 1. The van der Waals surface area contributed by atoms with E-state index in [9.17, 15) is 9.59 Å². The minimum atomic E-state index is -0.617. The highest BCUT2D eigenvalue weighted by atomic mass is 16.4. The minimum absolute atomic E-state index is 0.0773. The van der Waals surface area contributed by atoms with Crippen LogP contribution in [-0.4, -0.2) is 5.78 Å². The zero-order valence-corrected chi connectivity index (χ0v) is 7.00. The molecule has 1 aromatic rings. The molecule has 0 atom stereocenters. The number of carbonyl (C=O) groups is 1. The largest absolute Gasteiger partial charge is 0.418 e. The smallest absolute Gasteiger partial charge is 0.359 e. The number of hydrogen-bond donors (Lipinski definition) is 1. The van der Waals surface area contributed by atoms with E-state index in [1.807, 2.05) is 0 Å². The van der Waals surface area contributed by atoms with Gasteiger partial charge in [-0.25, -0.2) is 4.79 Å². The summed E-state index contributed by atoms with van der Waals surface area (Å²) in [6.07, 6.45) is 2.02. The van der Waals surface area contributed by atoms with Crippen LogP contribution < -0.4 is 11.4 Å². The number of Topliss-reactive ketones (excluding diaryl/α,β-unsaturated/α-hetero) is 1. The third kappa shape index (κ3) is 1.24. The fourth-order valence-electron chi connectivity index (χ4n) is 1.50. The summed E-state index contributed by atoms with van der Waals surface area (Å²) in [5.41, 5.74) is 5.59. The van der Waals surface area contributed by atoms with Crippen LogP contribution in [0.2, 0.25) is 0 Å². The lowest BCUT2D eigenvalue weighted by molar-refractivity contribution is 0.0938. The maximum atomic E-state index is 11.3. The molecule has 4 nitrogen and oxygen atoms in total. The average molecular weight is 179 g/mol. The molecule has 0 aromatic carbocycles. The summed E-state index contributed by atoms with van der Waals surface area (Å²) in [6.45, 7) is 0. The zero-order chi connectivity index (χ0) is 9.42. The molecule has 0 aliphatic heterocycles. The molecule has 0 saturated heterocycles. The predicted octanol–water partition coefficient (Wildman–Crippen LogP) is 0.741. The number of nitrogens with two attached hydrogens (primary N) is 1. The lowest BCUT2D eigenvalue weighted by Crippen LogP contribution is -2.17. The first-order valence-corrected chi connectivity index (χ1v) is 4.14. The van der Waals surface area contributed by atoms with Crippen molar-refractivity contribution in [1.82, 2.24) is 0 Å². The Morgan fingerprint density at radius 1 is 1.31 bits per heavy atom. The molecule has 68 valence electrons. The van der Waals surface area contributed by atoms with Crippen LogP contribution >= 0.6 is 0 Å². The summed E-state index contributed by atoms with van der Waals surface area (Å²) in [5.74, 6) is 0.101. The second-order valence-electron chi connectivity index (χ2n) is 3.12.